The molecule has 0 saturated heterocycles. The molecule has 0 heterocycles. The van der Waals surface area contributed by atoms with Crippen molar-refractivity contribution in [2.45, 2.75) is 43.6 Å². The van der Waals surface area contributed by atoms with E-state index >= 15 is 0 Å². The van der Waals surface area contributed by atoms with Gasteiger partial charge in [-0.05, 0) is 49.3 Å². The molecule has 2 aliphatic carbocycles. The van der Waals surface area contributed by atoms with Gasteiger partial charge in [0.25, 0.3) is 0 Å². The lowest BCUT2D eigenvalue weighted by molar-refractivity contribution is -0.130. The van der Waals surface area contributed by atoms with Crippen molar-refractivity contribution in [3.05, 3.63) is 34.3 Å². The first-order valence-electron chi connectivity index (χ1n) is 7.42. The molecule has 0 radical (unpaired) electrons. The summed E-state index contributed by atoms with van der Waals surface area (Å²) in [4.78, 5) is 12.6. The van der Waals surface area contributed by atoms with E-state index in [-0.39, 0.29) is 29.8 Å². The molecular weight excluding hydrogens is 352 g/mol. The van der Waals surface area contributed by atoms with Gasteiger partial charge >= 0.3 is 0 Å². The summed E-state index contributed by atoms with van der Waals surface area (Å²) >= 11 is 3.44. The Bertz CT molecular complexity index is 498. The Labute approximate surface area is 140 Å². The summed E-state index contributed by atoms with van der Waals surface area (Å²) in [7, 11) is 0. The van der Waals surface area contributed by atoms with Crippen LogP contribution < -0.4 is 11.1 Å². The molecule has 2 saturated carbocycles. The fourth-order valence-corrected chi connectivity index (χ4v) is 3.28. The van der Waals surface area contributed by atoms with Gasteiger partial charge in [-0.15, -0.1) is 12.4 Å². The number of amides is 1. The maximum absolute atomic E-state index is 12.6. The first-order chi connectivity index (χ1) is 9.62. The predicted molar refractivity (Wildman–Crippen MR) is 90.6 cm³/mol. The molecule has 3 nitrogen and oxygen atoms in total. The van der Waals surface area contributed by atoms with Crippen LogP contribution in [0.5, 0.6) is 0 Å². The Kier molecular flexibility index (Phi) is 5.33. The van der Waals surface area contributed by atoms with Gasteiger partial charge in [-0.2, -0.15) is 0 Å². The Morgan fingerprint density at radius 1 is 1.33 bits per heavy atom. The number of rotatable bonds is 5. The predicted octanol–water partition coefficient (Wildman–Crippen LogP) is 3.15. The van der Waals surface area contributed by atoms with Gasteiger partial charge in [0.05, 0.1) is 5.41 Å². The Morgan fingerprint density at radius 2 is 1.95 bits per heavy atom. The van der Waals surface area contributed by atoms with Crippen LogP contribution in [-0.4, -0.2) is 18.5 Å². The molecule has 3 N–H and O–H groups in total. The second kappa shape index (κ2) is 6.67. The maximum atomic E-state index is 12.6. The molecule has 0 spiro atoms. The topological polar surface area (TPSA) is 55.1 Å². The normalized spacial score (nSPS) is 20.9. The van der Waals surface area contributed by atoms with Crippen LogP contribution in [0.25, 0.3) is 0 Å². The number of benzene rings is 1. The molecule has 0 aromatic heterocycles. The summed E-state index contributed by atoms with van der Waals surface area (Å²) in [6, 6.07) is 8.27. The van der Waals surface area contributed by atoms with Gasteiger partial charge < -0.3 is 11.1 Å². The zero-order valence-corrected chi connectivity index (χ0v) is 14.4. The number of carbonyl (C=O) groups excluding carboxylic acids is 1. The average Bonchev–Trinajstić information content (AvgIpc) is 3.21. The van der Waals surface area contributed by atoms with Crippen molar-refractivity contribution in [2.75, 3.05) is 6.54 Å². The highest BCUT2D eigenvalue weighted by molar-refractivity contribution is 9.10. The molecule has 0 aliphatic heterocycles. The minimum atomic E-state index is -0.316. The molecule has 3 rings (SSSR count). The SMILES string of the molecule is Cl.NC(CNC(=O)C1(c2ccc(Br)cc2)CCC1)C1CC1. The highest BCUT2D eigenvalue weighted by atomic mass is 79.9. The minimum absolute atomic E-state index is 0. The van der Waals surface area contributed by atoms with Gasteiger partial charge in [-0.1, -0.05) is 34.5 Å². The largest absolute Gasteiger partial charge is 0.354 e. The third-order valence-corrected chi connectivity index (χ3v) is 5.29. The van der Waals surface area contributed by atoms with E-state index in [9.17, 15) is 4.79 Å². The molecule has 0 bridgehead atoms. The second-order valence-corrected chi connectivity index (χ2v) is 7.07. The van der Waals surface area contributed by atoms with Crippen LogP contribution in [0.2, 0.25) is 0 Å². The van der Waals surface area contributed by atoms with E-state index in [4.69, 9.17) is 5.73 Å². The molecule has 2 fully saturated rings. The lowest BCUT2D eigenvalue weighted by Crippen LogP contribution is -2.51. The molecule has 1 unspecified atom stereocenters. The Morgan fingerprint density at radius 3 is 2.43 bits per heavy atom. The summed E-state index contributed by atoms with van der Waals surface area (Å²) in [6.45, 7) is 0.613. The second-order valence-electron chi connectivity index (χ2n) is 6.15. The quantitative estimate of drug-likeness (QED) is 0.833. The van der Waals surface area contributed by atoms with Crippen molar-refractivity contribution in [1.29, 1.82) is 0 Å². The van der Waals surface area contributed by atoms with Gasteiger partial charge in [-0.3, -0.25) is 4.79 Å². The van der Waals surface area contributed by atoms with E-state index in [1.807, 2.05) is 12.1 Å². The molecule has 1 aromatic rings. The van der Waals surface area contributed by atoms with Gasteiger partial charge in [0, 0.05) is 17.1 Å². The van der Waals surface area contributed by atoms with Crippen molar-refractivity contribution in [2.24, 2.45) is 11.7 Å². The highest BCUT2D eigenvalue weighted by Gasteiger charge is 2.45. The molecular formula is C16H22BrClN2O. The monoisotopic (exact) mass is 372 g/mol. The number of carbonyl (C=O) groups is 1. The minimum Gasteiger partial charge on any atom is -0.354 e. The number of halogens is 2. The molecule has 5 heteroatoms. The maximum Gasteiger partial charge on any atom is 0.230 e. The highest BCUT2D eigenvalue weighted by Crippen LogP contribution is 2.44. The van der Waals surface area contributed by atoms with Crippen molar-refractivity contribution < 1.29 is 4.79 Å². The van der Waals surface area contributed by atoms with E-state index in [2.05, 4.69) is 33.4 Å². The third kappa shape index (κ3) is 3.43. The van der Waals surface area contributed by atoms with Gasteiger partial charge in [0.2, 0.25) is 5.91 Å². The zero-order valence-electron chi connectivity index (χ0n) is 12.0. The van der Waals surface area contributed by atoms with Crippen LogP contribution in [0, 0.1) is 5.92 Å². The number of hydrogen-bond acceptors (Lipinski definition) is 2. The van der Waals surface area contributed by atoms with E-state index in [1.165, 1.54) is 12.8 Å². The van der Waals surface area contributed by atoms with Crippen molar-refractivity contribution >= 4 is 34.2 Å². The van der Waals surface area contributed by atoms with Crippen molar-refractivity contribution in [3.8, 4) is 0 Å². The summed E-state index contributed by atoms with van der Waals surface area (Å²) in [5.74, 6) is 0.780. The van der Waals surface area contributed by atoms with Gasteiger partial charge in [0.15, 0.2) is 0 Å². The van der Waals surface area contributed by atoms with Crippen LogP contribution in [0.1, 0.15) is 37.7 Å². The van der Waals surface area contributed by atoms with Crippen molar-refractivity contribution in [3.63, 3.8) is 0 Å². The number of nitrogens with one attached hydrogen (secondary N) is 1. The number of nitrogens with two attached hydrogens (primary N) is 1. The summed E-state index contributed by atoms with van der Waals surface area (Å²) < 4.78 is 1.05. The molecule has 2 aliphatic rings. The van der Waals surface area contributed by atoms with Crippen LogP contribution in [0.3, 0.4) is 0 Å². The lowest BCUT2D eigenvalue weighted by Gasteiger charge is -2.41. The van der Waals surface area contributed by atoms with Crippen LogP contribution in [-0.2, 0) is 10.2 Å². The average molecular weight is 374 g/mol. The fraction of sp³-hybridized carbons (Fsp3) is 0.562. The summed E-state index contributed by atoms with van der Waals surface area (Å²) in [5.41, 5.74) is 6.88. The van der Waals surface area contributed by atoms with E-state index in [0.29, 0.717) is 12.5 Å². The molecule has 21 heavy (non-hydrogen) atoms. The van der Waals surface area contributed by atoms with Crippen molar-refractivity contribution in [1.82, 2.24) is 5.32 Å². The number of hydrogen-bond donors (Lipinski definition) is 2. The molecule has 1 aromatic carbocycles. The van der Waals surface area contributed by atoms with E-state index in [1.54, 1.807) is 0 Å². The summed E-state index contributed by atoms with van der Waals surface area (Å²) in [5, 5.41) is 3.08. The zero-order chi connectivity index (χ0) is 14.2. The van der Waals surface area contributed by atoms with Gasteiger partial charge in [0.1, 0.15) is 0 Å². The first-order valence-corrected chi connectivity index (χ1v) is 8.21. The fourth-order valence-electron chi connectivity index (χ4n) is 3.02. The van der Waals surface area contributed by atoms with Crippen LogP contribution >= 0.6 is 28.3 Å². The molecule has 1 amide bonds. The first kappa shape index (κ1) is 16.8. The third-order valence-electron chi connectivity index (χ3n) is 4.76. The Hall–Kier alpha value is -0.580. The molecule has 116 valence electrons. The standard InChI is InChI=1S/C16H21BrN2O.ClH/c17-13-6-4-12(5-7-13)16(8-1-9-16)15(20)19-10-14(18)11-2-3-11;/h4-7,11,14H,1-3,8-10,18H2,(H,19,20);1H. The van der Waals surface area contributed by atoms with Crippen LogP contribution in [0.15, 0.2) is 28.7 Å². The smallest absolute Gasteiger partial charge is 0.230 e. The summed E-state index contributed by atoms with van der Waals surface area (Å²) in [6.07, 6.45) is 5.44. The Balaban J connectivity index is 0.00000161. The van der Waals surface area contributed by atoms with E-state index < -0.39 is 0 Å². The van der Waals surface area contributed by atoms with Gasteiger partial charge in [-0.25, -0.2) is 0 Å². The van der Waals surface area contributed by atoms with Crippen LogP contribution in [0.4, 0.5) is 0 Å². The molecule has 1 atom stereocenters. The van der Waals surface area contributed by atoms with E-state index in [0.717, 1.165) is 29.3 Å². The lowest BCUT2D eigenvalue weighted by atomic mass is 9.64.